The van der Waals surface area contributed by atoms with Crippen LogP contribution in [0, 0.1) is 0 Å². The van der Waals surface area contributed by atoms with E-state index < -0.39 is 0 Å². The van der Waals surface area contributed by atoms with Gasteiger partial charge in [0.05, 0.1) is 0 Å². The van der Waals surface area contributed by atoms with Crippen LogP contribution in [0.5, 0.6) is 0 Å². The highest BCUT2D eigenvalue weighted by atomic mass is 19.0. The lowest BCUT2D eigenvalue weighted by Crippen LogP contribution is -2.22. The van der Waals surface area contributed by atoms with Gasteiger partial charge in [0.1, 0.15) is 0 Å². The Morgan fingerprint density at radius 3 is 2.38 bits per heavy atom. The Morgan fingerprint density at radius 2 is 2.00 bits per heavy atom. The lowest BCUT2D eigenvalue weighted by atomic mass is 10.3. The quantitative estimate of drug-likeness (QED) is 0.329. The van der Waals surface area contributed by atoms with Gasteiger partial charge in [-0.25, -0.2) is 0 Å². The van der Waals surface area contributed by atoms with Crippen molar-refractivity contribution < 1.29 is 4.70 Å². The molecule has 0 rings (SSSR count). The van der Waals surface area contributed by atoms with E-state index in [0.29, 0.717) is 0 Å². The molecule has 0 unspecified atom stereocenters. The molecule has 0 aromatic heterocycles. The normalized spacial score (nSPS) is 8.25. The van der Waals surface area contributed by atoms with Crippen molar-refractivity contribution in [2.75, 3.05) is 6.54 Å². The first-order chi connectivity index (χ1) is 3.41. The van der Waals surface area contributed by atoms with Gasteiger partial charge in [-0.2, -0.15) is 0 Å². The summed E-state index contributed by atoms with van der Waals surface area (Å²) in [5, 5.41) is 0. The Hall–Kier alpha value is -0.150. The Labute approximate surface area is 49.8 Å². The van der Waals surface area contributed by atoms with Crippen LogP contribution in [0.4, 0.5) is 4.70 Å². The van der Waals surface area contributed by atoms with Gasteiger partial charge in [0.15, 0.2) is 0 Å². The van der Waals surface area contributed by atoms with Crippen LogP contribution in [0.2, 0.25) is 0 Å². The van der Waals surface area contributed by atoms with E-state index in [2.05, 4.69) is 12.3 Å². The highest BCUT2D eigenvalue weighted by Gasteiger charge is 1.79. The Balaban J connectivity index is 0. The topological polar surface area (TPSA) is 38.0 Å². The fourth-order valence-electron chi connectivity index (χ4n) is 0.477. The SMILES string of the molecule is CCCCCNN.F. The average molecular weight is 122 g/mol. The predicted octanol–water partition coefficient (Wildman–Crippen LogP) is 0.792. The fourth-order valence-corrected chi connectivity index (χ4v) is 0.477. The first kappa shape index (κ1) is 10.8. The van der Waals surface area contributed by atoms with Gasteiger partial charge in [0.25, 0.3) is 0 Å². The molecular formula is C5H15FN2. The summed E-state index contributed by atoms with van der Waals surface area (Å²) in [6.07, 6.45) is 3.75. The molecule has 0 bridgehead atoms. The van der Waals surface area contributed by atoms with Gasteiger partial charge in [-0.05, 0) is 6.42 Å². The molecule has 0 radical (unpaired) electrons. The Morgan fingerprint density at radius 1 is 1.38 bits per heavy atom. The molecule has 0 atom stereocenters. The summed E-state index contributed by atoms with van der Waals surface area (Å²) in [5.41, 5.74) is 2.60. The van der Waals surface area contributed by atoms with E-state index in [-0.39, 0.29) is 4.70 Å². The minimum atomic E-state index is 0. The Kier molecular flexibility index (Phi) is 13.4. The summed E-state index contributed by atoms with van der Waals surface area (Å²) in [6, 6.07) is 0. The lowest BCUT2D eigenvalue weighted by Gasteiger charge is -1.93. The third-order valence-corrected chi connectivity index (χ3v) is 0.925. The maximum absolute atomic E-state index is 5.02. The molecule has 3 N–H and O–H groups in total. The van der Waals surface area contributed by atoms with Gasteiger partial charge in [0.2, 0.25) is 0 Å². The molecule has 0 saturated heterocycles. The zero-order valence-electron chi connectivity index (χ0n) is 5.31. The van der Waals surface area contributed by atoms with Crippen molar-refractivity contribution in [2.45, 2.75) is 26.2 Å². The maximum atomic E-state index is 5.02. The van der Waals surface area contributed by atoms with Crippen molar-refractivity contribution in [3.63, 3.8) is 0 Å². The number of hydrogen-bond acceptors (Lipinski definition) is 2. The molecule has 0 spiro atoms. The summed E-state index contributed by atoms with van der Waals surface area (Å²) in [7, 11) is 0. The summed E-state index contributed by atoms with van der Waals surface area (Å²) in [5.74, 6) is 5.02. The van der Waals surface area contributed by atoms with Crippen molar-refractivity contribution in [1.29, 1.82) is 0 Å². The zero-order chi connectivity index (χ0) is 5.54. The van der Waals surface area contributed by atoms with Crippen LogP contribution >= 0.6 is 0 Å². The summed E-state index contributed by atoms with van der Waals surface area (Å²) < 4.78 is 0. The van der Waals surface area contributed by atoms with E-state index in [1.165, 1.54) is 19.3 Å². The first-order valence-corrected chi connectivity index (χ1v) is 2.85. The minimum Gasteiger partial charge on any atom is -0.271 e. The molecule has 52 valence electrons. The summed E-state index contributed by atoms with van der Waals surface area (Å²) >= 11 is 0. The van der Waals surface area contributed by atoms with Crippen LogP contribution in [-0.2, 0) is 0 Å². The van der Waals surface area contributed by atoms with E-state index >= 15 is 0 Å². The first-order valence-electron chi connectivity index (χ1n) is 2.85. The molecule has 0 aliphatic heterocycles. The molecule has 0 amide bonds. The molecule has 0 fully saturated rings. The summed E-state index contributed by atoms with van der Waals surface area (Å²) in [6.45, 7) is 3.13. The standard InChI is InChI=1S/C5H14N2.FH/c1-2-3-4-5-7-6;/h7H,2-6H2,1H3;1H. The third kappa shape index (κ3) is 9.28. The van der Waals surface area contributed by atoms with Crippen molar-refractivity contribution >= 4 is 0 Å². The molecule has 0 heterocycles. The van der Waals surface area contributed by atoms with Crippen molar-refractivity contribution in [2.24, 2.45) is 5.84 Å². The van der Waals surface area contributed by atoms with E-state index in [4.69, 9.17) is 5.84 Å². The molecule has 0 aliphatic rings. The van der Waals surface area contributed by atoms with E-state index in [9.17, 15) is 0 Å². The largest absolute Gasteiger partial charge is 0.271 e. The van der Waals surface area contributed by atoms with Crippen LogP contribution in [0.25, 0.3) is 0 Å². The second kappa shape index (κ2) is 9.97. The van der Waals surface area contributed by atoms with E-state index in [1.54, 1.807) is 0 Å². The summed E-state index contributed by atoms with van der Waals surface area (Å²) in [4.78, 5) is 0. The Bertz CT molecular complexity index is 29.6. The molecule has 8 heavy (non-hydrogen) atoms. The monoisotopic (exact) mass is 122 g/mol. The highest BCUT2D eigenvalue weighted by molar-refractivity contribution is 4.37. The minimum absolute atomic E-state index is 0. The molecule has 0 aliphatic carbocycles. The lowest BCUT2D eigenvalue weighted by molar-refractivity contribution is 0.637. The number of nitrogens with two attached hydrogens (primary N) is 1. The molecule has 3 heteroatoms. The van der Waals surface area contributed by atoms with Gasteiger partial charge in [0, 0.05) is 6.54 Å². The van der Waals surface area contributed by atoms with Crippen LogP contribution in [-0.4, -0.2) is 6.54 Å². The predicted molar refractivity (Wildman–Crippen MR) is 34.2 cm³/mol. The van der Waals surface area contributed by atoms with Gasteiger partial charge in [-0.15, -0.1) is 0 Å². The van der Waals surface area contributed by atoms with Crippen LogP contribution in [0.3, 0.4) is 0 Å². The molecule has 0 aromatic carbocycles. The maximum Gasteiger partial charge on any atom is 0.00974 e. The molecule has 0 saturated carbocycles. The number of rotatable bonds is 4. The van der Waals surface area contributed by atoms with Crippen molar-refractivity contribution in [3.8, 4) is 0 Å². The number of nitrogens with one attached hydrogen (secondary N) is 1. The van der Waals surface area contributed by atoms with Gasteiger partial charge >= 0.3 is 0 Å². The second-order valence-electron chi connectivity index (χ2n) is 1.66. The second-order valence-corrected chi connectivity index (χ2v) is 1.66. The molecular weight excluding hydrogens is 107 g/mol. The van der Waals surface area contributed by atoms with E-state index in [1.807, 2.05) is 0 Å². The van der Waals surface area contributed by atoms with Gasteiger partial charge in [-0.3, -0.25) is 16.0 Å². The van der Waals surface area contributed by atoms with E-state index in [0.717, 1.165) is 6.54 Å². The van der Waals surface area contributed by atoms with Gasteiger partial charge in [-0.1, -0.05) is 19.8 Å². The van der Waals surface area contributed by atoms with Crippen LogP contribution in [0.1, 0.15) is 26.2 Å². The number of halogens is 1. The average Bonchev–Trinajstić information content (AvgIpc) is 1.69. The van der Waals surface area contributed by atoms with Crippen LogP contribution < -0.4 is 11.3 Å². The third-order valence-electron chi connectivity index (χ3n) is 0.925. The number of hydrazine groups is 1. The zero-order valence-corrected chi connectivity index (χ0v) is 5.31. The van der Waals surface area contributed by atoms with Crippen LogP contribution in [0.15, 0.2) is 0 Å². The molecule has 2 nitrogen and oxygen atoms in total. The van der Waals surface area contributed by atoms with Gasteiger partial charge < -0.3 is 0 Å². The number of hydrogen-bond donors (Lipinski definition) is 2. The smallest absolute Gasteiger partial charge is 0.00974 e. The van der Waals surface area contributed by atoms with Crippen molar-refractivity contribution in [3.05, 3.63) is 0 Å². The fraction of sp³-hybridized carbons (Fsp3) is 1.00. The van der Waals surface area contributed by atoms with Crippen molar-refractivity contribution in [1.82, 2.24) is 5.43 Å². The highest BCUT2D eigenvalue weighted by Crippen LogP contribution is 1.89. The molecule has 0 aromatic rings. The number of unbranched alkanes of at least 4 members (excludes halogenated alkanes) is 2.